The number of hydrogen-bond donors (Lipinski definition) is 1. The second kappa shape index (κ2) is 6.28. The molecule has 2 aromatic rings. The molecular weight excluding hydrogens is 322 g/mol. The number of aliphatic imine (C=N–C) groups is 1. The molecule has 1 N–H and O–H groups in total. The molecule has 1 aliphatic heterocycles. The lowest BCUT2D eigenvalue weighted by Crippen LogP contribution is -2.20. The van der Waals surface area contributed by atoms with Crippen molar-refractivity contribution in [3.8, 4) is 5.75 Å². The summed E-state index contributed by atoms with van der Waals surface area (Å²) in [5, 5.41) is 4.50. The third kappa shape index (κ3) is 3.14. The number of aromatic nitrogens is 1. The van der Waals surface area contributed by atoms with Gasteiger partial charge in [0.2, 0.25) is 0 Å². The summed E-state index contributed by atoms with van der Waals surface area (Å²) in [6, 6.07) is 8.17. The Morgan fingerprint density at radius 3 is 3.08 bits per heavy atom. The first-order chi connectivity index (χ1) is 11.7. The van der Waals surface area contributed by atoms with Gasteiger partial charge < -0.3 is 10.1 Å². The first-order valence-electron chi connectivity index (χ1n) is 8.03. The van der Waals surface area contributed by atoms with Crippen LogP contribution in [0.25, 0.3) is 17.0 Å². The Hall–Kier alpha value is -2.34. The molecule has 1 amide bonds. The molecule has 0 unspecified atom stereocenters. The maximum absolute atomic E-state index is 12.1. The van der Waals surface area contributed by atoms with Crippen LogP contribution in [0.4, 0.5) is 0 Å². The lowest BCUT2D eigenvalue weighted by Gasteiger charge is -2.07. The van der Waals surface area contributed by atoms with Crippen molar-refractivity contribution in [2.45, 2.75) is 25.8 Å². The molecule has 0 atom stereocenters. The third-order valence-corrected chi connectivity index (χ3v) is 4.74. The van der Waals surface area contributed by atoms with Crippen LogP contribution in [0.1, 0.15) is 25.3 Å². The fourth-order valence-electron chi connectivity index (χ4n) is 2.52. The van der Waals surface area contributed by atoms with E-state index < -0.39 is 0 Å². The van der Waals surface area contributed by atoms with E-state index in [2.05, 4.69) is 15.3 Å². The van der Waals surface area contributed by atoms with Gasteiger partial charge in [-0.3, -0.25) is 14.8 Å². The number of ether oxygens (including phenoxy) is 1. The maximum atomic E-state index is 12.1. The molecule has 6 heteroatoms. The molecule has 2 aliphatic rings. The van der Waals surface area contributed by atoms with Crippen molar-refractivity contribution in [2.75, 3.05) is 6.61 Å². The van der Waals surface area contributed by atoms with E-state index in [-0.39, 0.29) is 5.91 Å². The molecule has 4 rings (SSSR count). The lowest BCUT2D eigenvalue weighted by atomic mass is 10.1. The highest BCUT2D eigenvalue weighted by Crippen LogP contribution is 2.31. The molecule has 0 bridgehead atoms. The summed E-state index contributed by atoms with van der Waals surface area (Å²) in [6.45, 7) is 2.56. The summed E-state index contributed by atoms with van der Waals surface area (Å²) < 4.78 is 5.67. The molecule has 5 nitrogen and oxygen atoms in total. The van der Waals surface area contributed by atoms with Crippen LogP contribution in [-0.4, -0.2) is 28.7 Å². The number of hydrogen-bond acceptors (Lipinski definition) is 5. The lowest BCUT2D eigenvalue weighted by molar-refractivity contribution is -0.115. The van der Waals surface area contributed by atoms with Gasteiger partial charge >= 0.3 is 0 Å². The second-order valence-electron chi connectivity index (χ2n) is 5.75. The van der Waals surface area contributed by atoms with Gasteiger partial charge in [-0.2, -0.15) is 0 Å². The van der Waals surface area contributed by atoms with Crippen molar-refractivity contribution < 1.29 is 9.53 Å². The van der Waals surface area contributed by atoms with E-state index in [0.717, 1.165) is 35.1 Å². The van der Waals surface area contributed by atoms with Gasteiger partial charge in [-0.15, -0.1) is 0 Å². The molecule has 1 aromatic carbocycles. The minimum Gasteiger partial charge on any atom is -0.493 e. The summed E-state index contributed by atoms with van der Waals surface area (Å²) >= 11 is 1.41. The van der Waals surface area contributed by atoms with Crippen molar-refractivity contribution in [1.29, 1.82) is 0 Å². The number of carbonyl (C=O) groups excluding carboxylic acids is 1. The van der Waals surface area contributed by atoms with Crippen molar-refractivity contribution >= 4 is 39.8 Å². The minimum absolute atomic E-state index is 0.0873. The number of rotatable bonds is 4. The van der Waals surface area contributed by atoms with E-state index in [1.165, 1.54) is 11.8 Å². The molecule has 122 valence electrons. The van der Waals surface area contributed by atoms with Crippen LogP contribution >= 0.6 is 11.8 Å². The zero-order valence-corrected chi connectivity index (χ0v) is 14.1. The number of nitrogens with one attached hydrogen (secondary N) is 1. The Bertz CT molecular complexity index is 872. The molecule has 2 fully saturated rings. The van der Waals surface area contributed by atoms with E-state index in [1.807, 2.05) is 37.3 Å². The van der Waals surface area contributed by atoms with Crippen LogP contribution < -0.4 is 10.1 Å². The molecule has 24 heavy (non-hydrogen) atoms. The average molecular weight is 339 g/mol. The number of nitrogens with zero attached hydrogens (tertiary/aromatic N) is 2. The average Bonchev–Trinajstić information content (AvgIpc) is 3.32. The quantitative estimate of drug-likeness (QED) is 0.868. The van der Waals surface area contributed by atoms with E-state index >= 15 is 0 Å². The van der Waals surface area contributed by atoms with Gasteiger partial charge in [0.25, 0.3) is 5.91 Å². The number of pyridine rings is 1. The molecular formula is C18H17N3O2S. The normalized spacial score (nSPS) is 20.8. The number of fused-ring (bicyclic) bond motifs is 1. The van der Waals surface area contributed by atoms with E-state index in [9.17, 15) is 4.79 Å². The Morgan fingerprint density at radius 1 is 1.42 bits per heavy atom. The Morgan fingerprint density at radius 2 is 2.29 bits per heavy atom. The van der Waals surface area contributed by atoms with Crippen LogP contribution in [0.2, 0.25) is 0 Å². The Labute approximate surface area is 144 Å². The van der Waals surface area contributed by atoms with Gasteiger partial charge in [0.15, 0.2) is 5.17 Å². The largest absolute Gasteiger partial charge is 0.493 e. The Balaban J connectivity index is 1.66. The molecule has 1 saturated heterocycles. The topological polar surface area (TPSA) is 63.6 Å². The highest BCUT2D eigenvalue weighted by molar-refractivity contribution is 8.18. The molecule has 1 saturated carbocycles. The highest BCUT2D eigenvalue weighted by Gasteiger charge is 2.27. The van der Waals surface area contributed by atoms with Crippen LogP contribution in [0.15, 0.2) is 40.4 Å². The molecule has 1 aliphatic carbocycles. The number of benzene rings is 1. The predicted molar refractivity (Wildman–Crippen MR) is 97.1 cm³/mol. The van der Waals surface area contributed by atoms with Crippen LogP contribution in [0.5, 0.6) is 5.75 Å². The predicted octanol–water partition coefficient (Wildman–Crippen LogP) is 3.36. The summed E-state index contributed by atoms with van der Waals surface area (Å²) in [4.78, 5) is 21.6. The van der Waals surface area contributed by atoms with E-state index in [1.54, 1.807) is 6.20 Å². The van der Waals surface area contributed by atoms with Crippen molar-refractivity contribution in [3.63, 3.8) is 0 Å². The third-order valence-electron chi connectivity index (χ3n) is 3.82. The zero-order chi connectivity index (χ0) is 16.5. The SMILES string of the molecule is CCOc1ccnc2ccc(C=C3SC(=NC4CC4)NC3=O)cc12. The van der Waals surface area contributed by atoms with Gasteiger partial charge in [0, 0.05) is 11.6 Å². The number of carbonyl (C=O) groups is 1. The molecule has 1 aromatic heterocycles. The number of thioether (sulfide) groups is 1. The van der Waals surface area contributed by atoms with E-state index in [4.69, 9.17) is 4.74 Å². The van der Waals surface area contributed by atoms with E-state index in [0.29, 0.717) is 22.7 Å². The monoisotopic (exact) mass is 339 g/mol. The first kappa shape index (κ1) is 15.2. The maximum Gasteiger partial charge on any atom is 0.264 e. The second-order valence-corrected chi connectivity index (χ2v) is 6.78. The zero-order valence-electron chi connectivity index (χ0n) is 13.3. The summed E-state index contributed by atoms with van der Waals surface area (Å²) in [6.07, 6.45) is 5.87. The smallest absolute Gasteiger partial charge is 0.264 e. The molecule has 0 spiro atoms. The molecule has 0 radical (unpaired) electrons. The van der Waals surface area contributed by atoms with Gasteiger partial charge in [0.05, 0.1) is 23.1 Å². The van der Waals surface area contributed by atoms with Crippen molar-refractivity contribution in [3.05, 3.63) is 40.9 Å². The summed E-state index contributed by atoms with van der Waals surface area (Å²) in [5.41, 5.74) is 1.82. The summed E-state index contributed by atoms with van der Waals surface area (Å²) in [7, 11) is 0. The fourth-order valence-corrected chi connectivity index (χ4v) is 3.41. The Kier molecular flexibility index (Phi) is 3.98. The highest BCUT2D eigenvalue weighted by atomic mass is 32.2. The van der Waals surface area contributed by atoms with Gasteiger partial charge in [-0.25, -0.2) is 0 Å². The van der Waals surface area contributed by atoms with Crippen molar-refractivity contribution in [1.82, 2.24) is 10.3 Å². The fraction of sp³-hybridized carbons (Fsp3) is 0.278. The minimum atomic E-state index is -0.0873. The number of amidine groups is 1. The van der Waals surface area contributed by atoms with Crippen LogP contribution in [0.3, 0.4) is 0 Å². The van der Waals surface area contributed by atoms with Gasteiger partial charge in [0.1, 0.15) is 5.75 Å². The number of amides is 1. The summed E-state index contributed by atoms with van der Waals surface area (Å²) in [5.74, 6) is 0.720. The standard InChI is InChI=1S/C18H17N3O2S/c1-2-23-15-7-8-19-14-6-3-11(9-13(14)15)10-16-17(22)21-18(24-16)20-12-4-5-12/h3,6-10,12H,2,4-5H2,1H3,(H,20,21,22). The van der Waals surface area contributed by atoms with Crippen molar-refractivity contribution in [2.24, 2.45) is 4.99 Å². The first-order valence-corrected chi connectivity index (χ1v) is 8.85. The van der Waals surface area contributed by atoms with Gasteiger partial charge in [-0.1, -0.05) is 6.07 Å². The van der Waals surface area contributed by atoms with Crippen LogP contribution in [0, 0.1) is 0 Å². The molecule has 2 heterocycles. The van der Waals surface area contributed by atoms with Crippen LogP contribution in [-0.2, 0) is 4.79 Å². The van der Waals surface area contributed by atoms with Gasteiger partial charge in [-0.05, 0) is 61.4 Å².